The minimum Gasteiger partial charge on any atom is -0.342 e. The van der Waals surface area contributed by atoms with Crippen molar-refractivity contribution in [3.8, 4) is 0 Å². The molecule has 5 nitrogen and oxygen atoms in total. The highest BCUT2D eigenvalue weighted by Gasteiger charge is 2.20. The first kappa shape index (κ1) is 11.6. The monoisotopic (exact) mass is 267 g/mol. The van der Waals surface area contributed by atoms with Crippen molar-refractivity contribution in [3.63, 3.8) is 0 Å². The number of rotatable bonds is 1. The summed E-state index contributed by atoms with van der Waals surface area (Å²) in [5.74, 6) is 1.78. The van der Waals surface area contributed by atoms with Crippen LogP contribution >= 0.6 is 0 Å². The van der Waals surface area contributed by atoms with E-state index in [2.05, 4.69) is 28.1 Å². The fourth-order valence-corrected chi connectivity index (χ4v) is 2.92. The van der Waals surface area contributed by atoms with Crippen molar-refractivity contribution in [2.75, 3.05) is 18.0 Å². The summed E-state index contributed by atoms with van der Waals surface area (Å²) in [6, 6.07) is 8.12. The zero-order valence-electron chi connectivity index (χ0n) is 11.5. The highest BCUT2D eigenvalue weighted by molar-refractivity contribution is 5.92. The molecule has 0 radical (unpaired) electrons. The summed E-state index contributed by atoms with van der Waals surface area (Å²) in [6.45, 7) is 4.43. The Bertz CT molecular complexity index is 755. The predicted molar refractivity (Wildman–Crippen MR) is 78.9 cm³/mol. The molecule has 20 heavy (non-hydrogen) atoms. The summed E-state index contributed by atoms with van der Waals surface area (Å²) in [5.41, 5.74) is 1.88. The normalized spacial score (nSPS) is 17.1. The molecule has 102 valence electrons. The number of aromatic nitrogens is 4. The summed E-state index contributed by atoms with van der Waals surface area (Å²) in [7, 11) is 0. The molecule has 0 saturated carbocycles. The highest BCUT2D eigenvalue weighted by atomic mass is 15.3. The largest absolute Gasteiger partial charge is 0.342 e. The first-order chi connectivity index (χ1) is 9.83. The molecular weight excluding hydrogens is 250 g/mol. The Morgan fingerprint density at radius 1 is 1.15 bits per heavy atom. The maximum atomic E-state index is 4.83. The molecule has 2 aromatic heterocycles. The van der Waals surface area contributed by atoms with Gasteiger partial charge in [-0.1, -0.05) is 19.1 Å². The molecule has 1 fully saturated rings. The van der Waals surface area contributed by atoms with Gasteiger partial charge in [-0.2, -0.15) is 0 Å². The van der Waals surface area contributed by atoms with Gasteiger partial charge in [0, 0.05) is 18.5 Å². The molecule has 0 spiro atoms. The highest BCUT2D eigenvalue weighted by Crippen LogP contribution is 2.25. The van der Waals surface area contributed by atoms with E-state index in [1.54, 1.807) is 6.33 Å². The van der Waals surface area contributed by atoms with Gasteiger partial charge in [0.15, 0.2) is 5.65 Å². The van der Waals surface area contributed by atoms with Gasteiger partial charge < -0.3 is 4.90 Å². The van der Waals surface area contributed by atoms with Gasteiger partial charge in [-0.3, -0.25) is 4.40 Å². The standard InChI is InChI=1S/C15H17N5/c1-11-6-8-19(9-7-11)15-17-13-5-3-2-4-12(13)14-18-16-10-20(14)15/h2-5,10-11H,6-9H2,1H3. The topological polar surface area (TPSA) is 46.3 Å². The molecule has 4 rings (SSSR count). The fraction of sp³-hybridized carbons (Fsp3) is 0.400. The van der Waals surface area contributed by atoms with E-state index in [1.807, 2.05) is 22.6 Å². The van der Waals surface area contributed by atoms with Gasteiger partial charge in [-0.05, 0) is 30.9 Å². The van der Waals surface area contributed by atoms with Gasteiger partial charge in [0.2, 0.25) is 5.95 Å². The van der Waals surface area contributed by atoms with Crippen LogP contribution in [0.25, 0.3) is 16.6 Å². The third-order valence-electron chi connectivity index (χ3n) is 4.20. The average Bonchev–Trinajstić information content (AvgIpc) is 2.97. The van der Waals surface area contributed by atoms with Crippen molar-refractivity contribution >= 4 is 22.5 Å². The zero-order valence-corrected chi connectivity index (χ0v) is 11.5. The van der Waals surface area contributed by atoms with E-state index >= 15 is 0 Å². The number of piperidine rings is 1. The van der Waals surface area contributed by atoms with Crippen molar-refractivity contribution < 1.29 is 0 Å². The van der Waals surface area contributed by atoms with Crippen LogP contribution in [-0.2, 0) is 0 Å². The average molecular weight is 267 g/mol. The number of benzene rings is 1. The van der Waals surface area contributed by atoms with Crippen LogP contribution in [0, 0.1) is 5.92 Å². The Labute approximate surface area is 117 Å². The number of hydrogen-bond donors (Lipinski definition) is 0. The van der Waals surface area contributed by atoms with E-state index < -0.39 is 0 Å². The minimum atomic E-state index is 0.808. The quantitative estimate of drug-likeness (QED) is 0.679. The van der Waals surface area contributed by atoms with Crippen molar-refractivity contribution in [2.45, 2.75) is 19.8 Å². The minimum absolute atomic E-state index is 0.808. The fourth-order valence-electron chi connectivity index (χ4n) is 2.92. The molecule has 3 aromatic rings. The summed E-state index contributed by atoms with van der Waals surface area (Å²) in [5, 5.41) is 9.39. The third-order valence-corrected chi connectivity index (χ3v) is 4.20. The Morgan fingerprint density at radius 2 is 1.95 bits per heavy atom. The number of hydrogen-bond acceptors (Lipinski definition) is 4. The smallest absolute Gasteiger partial charge is 0.213 e. The first-order valence-electron chi connectivity index (χ1n) is 7.16. The van der Waals surface area contributed by atoms with E-state index in [-0.39, 0.29) is 0 Å². The molecule has 0 amide bonds. The number of para-hydroxylation sites is 1. The molecule has 1 saturated heterocycles. The van der Waals surface area contributed by atoms with Crippen molar-refractivity contribution in [2.24, 2.45) is 5.92 Å². The molecule has 0 N–H and O–H groups in total. The van der Waals surface area contributed by atoms with Crippen molar-refractivity contribution in [3.05, 3.63) is 30.6 Å². The van der Waals surface area contributed by atoms with Crippen LogP contribution < -0.4 is 4.90 Å². The van der Waals surface area contributed by atoms with Crippen LogP contribution in [0.5, 0.6) is 0 Å². The first-order valence-corrected chi connectivity index (χ1v) is 7.16. The summed E-state index contributed by atoms with van der Waals surface area (Å²) < 4.78 is 2.01. The second kappa shape index (κ2) is 4.44. The maximum Gasteiger partial charge on any atom is 0.213 e. The van der Waals surface area contributed by atoms with Crippen LogP contribution in [-0.4, -0.2) is 32.7 Å². The lowest BCUT2D eigenvalue weighted by Gasteiger charge is -2.31. The number of fused-ring (bicyclic) bond motifs is 3. The zero-order chi connectivity index (χ0) is 13.5. The molecular formula is C15H17N5. The van der Waals surface area contributed by atoms with E-state index in [4.69, 9.17) is 4.98 Å². The van der Waals surface area contributed by atoms with E-state index in [0.29, 0.717) is 0 Å². The Hall–Kier alpha value is -2.17. The summed E-state index contributed by atoms with van der Waals surface area (Å²) in [6.07, 6.45) is 4.21. The van der Waals surface area contributed by atoms with E-state index in [9.17, 15) is 0 Å². The molecule has 1 aliphatic rings. The molecule has 0 bridgehead atoms. The van der Waals surface area contributed by atoms with Crippen LogP contribution in [0.2, 0.25) is 0 Å². The maximum absolute atomic E-state index is 4.83. The van der Waals surface area contributed by atoms with Crippen LogP contribution in [0.3, 0.4) is 0 Å². The van der Waals surface area contributed by atoms with E-state index in [1.165, 1.54) is 12.8 Å². The number of nitrogens with zero attached hydrogens (tertiary/aromatic N) is 5. The van der Waals surface area contributed by atoms with E-state index in [0.717, 1.165) is 41.5 Å². The predicted octanol–water partition coefficient (Wildman–Crippen LogP) is 2.51. The lowest BCUT2D eigenvalue weighted by molar-refractivity contribution is 0.434. The molecule has 1 aromatic carbocycles. The SMILES string of the molecule is CC1CCN(c2nc3ccccc3c3nncn23)CC1. The molecule has 5 heteroatoms. The molecule has 0 unspecified atom stereocenters. The van der Waals surface area contributed by atoms with Gasteiger partial charge in [0.25, 0.3) is 0 Å². The second-order valence-corrected chi connectivity index (χ2v) is 5.62. The molecule has 3 heterocycles. The Balaban J connectivity index is 1.90. The Morgan fingerprint density at radius 3 is 2.80 bits per heavy atom. The van der Waals surface area contributed by atoms with Crippen molar-refractivity contribution in [1.82, 2.24) is 19.6 Å². The second-order valence-electron chi connectivity index (χ2n) is 5.62. The lowest BCUT2D eigenvalue weighted by Crippen LogP contribution is -2.34. The molecule has 0 atom stereocenters. The van der Waals surface area contributed by atoms with Gasteiger partial charge in [0.1, 0.15) is 6.33 Å². The van der Waals surface area contributed by atoms with Crippen molar-refractivity contribution in [1.29, 1.82) is 0 Å². The van der Waals surface area contributed by atoms with Gasteiger partial charge in [-0.25, -0.2) is 4.98 Å². The summed E-state index contributed by atoms with van der Waals surface area (Å²) >= 11 is 0. The van der Waals surface area contributed by atoms with Gasteiger partial charge in [-0.15, -0.1) is 10.2 Å². The van der Waals surface area contributed by atoms with Crippen LogP contribution in [0.4, 0.5) is 5.95 Å². The van der Waals surface area contributed by atoms with Crippen LogP contribution in [0.15, 0.2) is 30.6 Å². The number of anilines is 1. The van der Waals surface area contributed by atoms with Gasteiger partial charge in [0.05, 0.1) is 5.52 Å². The third kappa shape index (κ3) is 1.73. The summed E-state index contributed by atoms with van der Waals surface area (Å²) in [4.78, 5) is 7.18. The lowest BCUT2D eigenvalue weighted by atomic mass is 10.00. The molecule has 1 aliphatic heterocycles. The molecule has 0 aliphatic carbocycles. The van der Waals surface area contributed by atoms with Crippen LogP contribution in [0.1, 0.15) is 19.8 Å². The Kier molecular flexibility index (Phi) is 2.58. The van der Waals surface area contributed by atoms with Gasteiger partial charge >= 0.3 is 0 Å².